The van der Waals surface area contributed by atoms with Gasteiger partial charge >= 0.3 is 0 Å². The van der Waals surface area contributed by atoms with Crippen LogP contribution in [0.25, 0.3) is 0 Å². The molecule has 1 fully saturated rings. The van der Waals surface area contributed by atoms with E-state index in [4.69, 9.17) is 0 Å². The van der Waals surface area contributed by atoms with Gasteiger partial charge in [-0.15, -0.1) is 0 Å². The summed E-state index contributed by atoms with van der Waals surface area (Å²) in [5.74, 6) is 0.414. The Hall–Kier alpha value is -0.970. The molecule has 3 nitrogen and oxygen atoms in total. The highest BCUT2D eigenvalue weighted by molar-refractivity contribution is 5.21. The van der Waals surface area contributed by atoms with Gasteiger partial charge in [-0.2, -0.15) is 0 Å². The first-order valence-electron chi connectivity index (χ1n) is 7.46. The maximum absolute atomic E-state index is 14.0. The SMILES string of the molecule is OCCC(c1ccccc1F)N(CCO)CC1CCC1. The lowest BCUT2D eigenvalue weighted by Gasteiger charge is -2.37. The van der Waals surface area contributed by atoms with Crippen LogP contribution in [0.4, 0.5) is 4.39 Å². The molecule has 0 amide bonds. The minimum absolute atomic E-state index is 0.0194. The van der Waals surface area contributed by atoms with Gasteiger partial charge in [0, 0.05) is 31.3 Å². The van der Waals surface area contributed by atoms with Crippen molar-refractivity contribution in [3.8, 4) is 0 Å². The van der Waals surface area contributed by atoms with E-state index in [9.17, 15) is 14.6 Å². The summed E-state index contributed by atoms with van der Waals surface area (Å²) >= 11 is 0. The summed E-state index contributed by atoms with van der Waals surface area (Å²) in [6.45, 7) is 1.48. The molecule has 112 valence electrons. The number of halogens is 1. The monoisotopic (exact) mass is 281 g/mol. The van der Waals surface area contributed by atoms with E-state index in [1.54, 1.807) is 12.1 Å². The largest absolute Gasteiger partial charge is 0.396 e. The van der Waals surface area contributed by atoms with E-state index in [2.05, 4.69) is 4.90 Å². The molecule has 1 atom stereocenters. The Morgan fingerprint density at radius 2 is 1.95 bits per heavy atom. The predicted molar refractivity (Wildman–Crippen MR) is 76.8 cm³/mol. The summed E-state index contributed by atoms with van der Waals surface area (Å²) in [6.07, 6.45) is 4.19. The zero-order valence-electron chi connectivity index (χ0n) is 11.8. The molecule has 20 heavy (non-hydrogen) atoms. The minimum atomic E-state index is -0.234. The van der Waals surface area contributed by atoms with Crippen molar-refractivity contribution in [2.75, 3.05) is 26.3 Å². The number of benzene rings is 1. The first kappa shape index (κ1) is 15.4. The molecule has 0 radical (unpaired) electrons. The van der Waals surface area contributed by atoms with E-state index < -0.39 is 0 Å². The van der Waals surface area contributed by atoms with Gasteiger partial charge in [-0.25, -0.2) is 4.39 Å². The standard InChI is InChI=1S/C16H24FNO2/c17-15-7-2-1-6-14(15)16(8-10-19)18(9-11-20)12-13-4-3-5-13/h1-2,6-7,13,16,19-20H,3-5,8-12H2. The topological polar surface area (TPSA) is 43.7 Å². The molecule has 1 aromatic carbocycles. The minimum Gasteiger partial charge on any atom is -0.396 e. The van der Waals surface area contributed by atoms with E-state index in [0.717, 1.165) is 6.54 Å². The van der Waals surface area contributed by atoms with Crippen LogP contribution in [-0.4, -0.2) is 41.4 Å². The Kier molecular flexibility index (Phi) is 5.95. The molecular formula is C16H24FNO2. The van der Waals surface area contributed by atoms with Crippen molar-refractivity contribution in [1.82, 2.24) is 4.90 Å². The van der Waals surface area contributed by atoms with Crippen LogP contribution in [0.15, 0.2) is 24.3 Å². The smallest absolute Gasteiger partial charge is 0.127 e. The Morgan fingerprint density at radius 3 is 2.50 bits per heavy atom. The van der Waals surface area contributed by atoms with Gasteiger partial charge in [-0.1, -0.05) is 24.6 Å². The molecule has 1 aliphatic carbocycles. The van der Waals surface area contributed by atoms with Crippen molar-refractivity contribution in [3.63, 3.8) is 0 Å². The number of aliphatic hydroxyl groups excluding tert-OH is 2. The molecular weight excluding hydrogens is 257 g/mol. The number of rotatable bonds is 8. The summed E-state index contributed by atoms with van der Waals surface area (Å²) in [5.41, 5.74) is 0.620. The van der Waals surface area contributed by atoms with E-state index in [1.165, 1.54) is 25.3 Å². The quantitative estimate of drug-likeness (QED) is 0.768. The average molecular weight is 281 g/mol. The third-order valence-corrected chi connectivity index (χ3v) is 4.21. The number of nitrogens with zero attached hydrogens (tertiary/aromatic N) is 1. The van der Waals surface area contributed by atoms with Crippen LogP contribution in [0.2, 0.25) is 0 Å². The molecule has 0 heterocycles. The molecule has 1 saturated carbocycles. The zero-order chi connectivity index (χ0) is 14.4. The molecule has 1 aliphatic rings. The second kappa shape index (κ2) is 7.72. The lowest BCUT2D eigenvalue weighted by molar-refractivity contribution is 0.0893. The number of aliphatic hydroxyl groups is 2. The highest BCUT2D eigenvalue weighted by Gasteiger charge is 2.27. The third kappa shape index (κ3) is 3.78. The van der Waals surface area contributed by atoms with Crippen LogP contribution in [0.1, 0.15) is 37.3 Å². The Balaban J connectivity index is 2.16. The number of hydrogen-bond acceptors (Lipinski definition) is 3. The van der Waals surface area contributed by atoms with Crippen LogP contribution < -0.4 is 0 Å². The fourth-order valence-electron chi connectivity index (χ4n) is 2.91. The third-order valence-electron chi connectivity index (χ3n) is 4.21. The summed E-state index contributed by atoms with van der Waals surface area (Å²) in [6, 6.07) is 6.58. The lowest BCUT2D eigenvalue weighted by Crippen LogP contribution is -2.38. The molecule has 0 bridgehead atoms. The van der Waals surface area contributed by atoms with Crippen LogP contribution >= 0.6 is 0 Å². The Morgan fingerprint density at radius 1 is 1.20 bits per heavy atom. The van der Waals surface area contributed by atoms with Crippen molar-refractivity contribution in [1.29, 1.82) is 0 Å². The molecule has 4 heteroatoms. The summed E-state index contributed by atoms with van der Waals surface area (Å²) in [5, 5.41) is 18.6. The zero-order valence-corrected chi connectivity index (χ0v) is 11.8. The van der Waals surface area contributed by atoms with Gasteiger partial charge in [0.05, 0.1) is 6.61 Å². The van der Waals surface area contributed by atoms with Crippen molar-refractivity contribution in [2.45, 2.75) is 31.7 Å². The molecule has 0 aromatic heterocycles. The van der Waals surface area contributed by atoms with E-state index in [-0.39, 0.29) is 25.1 Å². The Labute approximate surface area is 120 Å². The van der Waals surface area contributed by atoms with E-state index >= 15 is 0 Å². The normalized spacial score (nSPS) is 17.2. The lowest BCUT2D eigenvalue weighted by atomic mass is 9.84. The van der Waals surface area contributed by atoms with Crippen molar-refractivity contribution in [2.24, 2.45) is 5.92 Å². The van der Waals surface area contributed by atoms with Gasteiger partial charge in [0.15, 0.2) is 0 Å². The van der Waals surface area contributed by atoms with E-state index in [0.29, 0.717) is 24.4 Å². The first-order chi connectivity index (χ1) is 9.76. The number of hydrogen-bond donors (Lipinski definition) is 2. The highest BCUT2D eigenvalue weighted by atomic mass is 19.1. The predicted octanol–water partition coefficient (Wildman–Crippen LogP) is 2.34. The molecule has 0 spiro atoms. The summed E-state index contributed by atoms with van der Waals surface area (Å²) in [7, 11) is 0. The maximum Gasteiger partial charge on any atom is 0.127 e. The van der Waals surface area contributed by atoms with E-state index in [1.807, 2.05) is 6.07 Å². The van der Waals surface area contributed by atoms with Crippen molar-refractivity contribution in [3.05, 3.63) is 35.6 Å². The highest BCUT2D eigenvalue weighted by Crippen LogP contribution is 2.32. The summed E-state index contributed by atoms with van der Waals surface area (Å²) in [4.78, 5) is 2.12. The fourth-order valence-corrected chi connectivity index (χ4v) is 2.91. The fraction of sp³-hybridized carbons (Fsp3) is 0.625. The van der Waals surface area contributed by atoms with Gasteiger partial charge in [0.2, 0.25) is 0 Å². The van der Waals surface area contributed by atoms with Gasteiger partial charge in [0.25, 0.3) is 0 Å². The first-order valence-corrected chi connectivity index (χ1v) is 7.46. The molecule has 1 unspecified atom stereocenters. The molecule has 2 N–H and O–H groups in total. The van der Waals surface area contributed by atoms with Gasteiger partial charge in [-0.3, -0.25) is 4.90 Å². The van der Waals surface area contributed by atoms with Crippen molar-refractivity contribution < 1.29 is 14.6 Å². The van der Waals surface area contributed by atoms with Crippen LogP contribution in [0.5, 0.6) is 0 Å². The average Bonchev–Trinajstić information content (AvgIpc) is 2.40. The van der Waals surface area contributed by atoms with Crippen LogP contribution in [0.3, 0.4) is 0 Å². The van der Waals surface area contributed by atoms with Gasteiger partial charge in [0.1, 0.15) is 5.82 Å². The summed E-state index contributed by atoms with van der Waals surface area (Å²) < 4.78 is 14.0. The van der Waals surface area contributed by atoms with Crippen LogP contribution in [0, 0.1) is 11.7 Å². The van der Waals surface area contributed by atoms with Crippen molar-refractivity contribution >= 4 is 0 Å². The molecule has 0 saturated heterocycles. The van der Waals surface area contributed by atoms with Gasteiger partial charge < -0.3 is 10.2 Å². The maximum atomic E-state index is 14.0. The van der Waals surface area contributed by atoms with Crippen LogP contribution in [-0.2, 0) is 0 Å². The van der Waals surface area contributed by atoms with Gasteiger partial charge in [-0.05, 0) is 31.2 Å². The molecule has 2 rings (SSSR count). The second-order valence-electron chi connectivity index (χ2n) is 5.57. The molecule has 1 aromatic rings. The Bertz CT molecular complexity index is 409. The molecule has 0 aliphatic heterocycles. The second-order valence-corrected chi connectivity index (χ2v) is 5.57.